The first kappa shape index (κ1) is 21.0. The van der Waals surface area contributed by atoms with Gasteiger partial charge in [0.2, 0.25) is 0 Å². The number of anilines is 1. The molecular weight excluding hydrogens is 392 g/mol. The van der Waals surface area contributed by atoms with Crippen molar-refractivity contribution in [2.45, 2.75) is 38.8 Å². The molecule has 6 heteroatoms. The summed E-state index contributed by atoms with van der Waals surface area (Å²) < 4.78 is 10.7. The Hall–Kier alpha value is -3.28. The van der Waals surface area contributed by atoms with E-state index in [0.29, 0.717) is 5.57 Å². The fourth-order valence-electron chi connectivity index (χ4n) is 4.17. The molecule has 2 amide bonds. The van der Waals surface area contributed by atoms with Crippen molar-refractivity contribution >= 4 is 17.7 Å². The molecule has 2 aliphatic rings. The zero-order chi connectivity index (χ0) is 22.2. The third-order valence-electron chi connectivity index (χ3n) is 5.58. The van der Waals surface area contributed by atoms with Crippen molar-refractivity contribution in [3.8, 4) is 5.75 Å². The van der Waals surface area contributed by atoms with Gasteiger partial charge in [-0.1, -0.05) is 30.3 Å². The normalized spacial score (nSPS) is 18.5. The van der Waals surface area contributed by atoms with Crippen molar-refractivity contribution in [3.05, 3.63) is 71.3 Å². The summed E-state index contributed by atoms with van der Waals surface area (Å²) >= 11 is 0. The van der Waals surface area contributed by atoms with Crippen LogP contribution in [0.25, 0.3) is 0 Å². The van der Waals surface area contributed by atoms with Crippen molar-refractivity contribution in [1.29, 1.82) is 0 Å². The number of imide groups is 1. The highest BCUT2D eigenvalue weighted by molar-refractivity contribution is 6.06. The first-order valence-electron chi connectivity index (χ1n) is 10.5. The number of ether oxygens (including phenoxy) is 2. The lowest BCUT2D eigenvalue weighted by atomic mass is 9.87. The smallest absolute Gasteiger partial charge is 0.417 e. The minimum Gasteiger partial charge on any atom is -0.497 e. The van der Waals surface area contributed by atoms with Crippen LogP contribution < -0.4 is 9.64 Å². The van der Waals surface area contributed by atoms with Crippen LogP contribution in [0.1, 0.15) is 37.9 Å². The predicted octanol–water partition coefficient (Wildman–Crippen LogP) is 4.50. The SMILES string of the molecule is COc1ccc(N2CCc3ccccc3[C@H]2C2=CCN(C(=O)OC(C)(C)C)C2=O)cc1. The average Bonchev–Trinajstić information content (AvgIpc) is 3.13. The zero-order valence-corrected chi connectivity index (χ0v) is 18.4. The molecule has 6 nitrogen and oxygen atoms in total. The number of rotatable bonds is 3. The Morgan fingerprint density at radius 2 is 1.77 bits per heavy atom. The Kier molecular flexibility index (Phi) is 5.48. The molecule has 2 aromatic carbocycles. The molecule has 0 saturated heterocycles. The molecule has 0 saturated carbocycles. The molecule has 2 aliphatic heterocycles. The molecule has 0 bridgehead atoms. The van der Waals surface area contributed by atoms with Gasteiger partial charge in [0.15, 0.2) is 0 Å². The van der Waals surface area contributed by atoms with E-state index in [1.54, 1.807) is 27.9 Å². The molecule has 4 rings (SSSR count). The molecule has 0 aromatic heterocycles. The highest BCUT2D eigenvalue weighted by atomic mass is 16.6. The van der Waals surface area contributed by atoms with E-state index < -0.39 is 11.7 Å². The van der Waals surface area contributed by atoms with E-state index in [2.05, 4.69) is 17.0 Å². The summed E-state index contributed by atoms with van der Waals surface area (Å²) in [6, 6.07) is 15.8. The van der Waals surface area contributed by atoms with E-state index >= 15 is 0 Å². The Labute approximate surface area is 183 Å². The van der Waals surface area contributed by atoms with Crippen LogP contribution in [0.2, 0.25) is 0 Å². The highest BCUT2D eigenvalue weighted by Crippen LogP contribution is 2.40. The van der Waals surface area contributed by atoms with Crippen LogP contribution in [0.15, 0.2) is 60.2 Å². The number of carbonyl (C=O) groups is 2. The van der Waals surface area contributed by atoms with Gasteiger partial charge in [0.05, 0.1) is 19.7 Å². The number of methoxy groups -OCH3 is 1. The van der Waals surface area contributed by atoms with Gasteiger partial charge in [-0.3, -0.25) is 4.79 Å². The number of fused-ring (bicyclic) bond motifs is 1. The van der Waals surface area contributed by atoms with Crippen molar-refractivity contribution in [3.63, 3.8) is 0 Å². The van der Waals surface area contributed by atoms with Crippen molar-refractivity contribution in [2.24, 2.45) is 0 Å². The molecule has 0 aliphatic carbocycles. The minimum absolute atomic E-state index is 0.220. The second-order valence-electron chi connectivity index (χ2n) is 8.80. The molecule has 2 aromatic rings. The fraction of sp³-hybridized carbons (Fsp3) is 0.360. The largest absolute Gasteiger partial charge is 0.497 e. The van der Waals surface area contributed by atoms with Gasteiger partial charge in [0.1, 0.15) is 11.4 Å². The number of benzene rings is 2. The fourth-order valence-corrected chi connectivity index (χ4v) is 4.17. The number of hydrogen-bond donors (Lipinski definition) is 0. The van der Waals surface area contributed by atoms with Gasteiger partial charge >= 0.3 is 6.09 Å². The van der Waals surface area contributed by atoms with E-state index in [1.807, 2.05) is 42.5 Å². The zero-order valence-electron chi connectivity index (χ0n) is 18.4. The van der Waals surface area contributed by atoms with Crippen molar-refractivity contribution in [2.75, 3.05) is 25.1 Å². The van der Waals surface area contributed by atoms with Crippen molar-refractivity contribution < 1.29 is 19.1 Å². The van der Waals surface area contributed by atoms with E-state index in [1.165, 1.54) is 10.5 Å². The topological polar surface area (TPSA) is 59.1 Å². The van der Waals surface area contributed by atoms with E-state index in [0.717, 1.165) is 30.0 Å². The van der Waals surface area contributed by atoms with Gasteiger partial charge in [-0.25, -0.2) is 9.69 Å². The second kappa shape index (κ2) is 8.10. The summed E-state index contributed by atoms with van der Waals surface area (Å²) in [6.07, 6.45) is 2.13. The van der Waals surface area contributed by atoms with Crippen LogP contribution in [0.5, 0.6) is 5.75 Å². The highest BCUT2D eigenvalue weighted by Gasteiger charge is 2.40. The van der Waals surface area contributed by atoms with E-state index in [-0.39, 0.29) is 18.5 Å². The summed E-state index contributed by atoms with van der Waals surface area (Å²) in [4.78, 5) is 29.3. The molecule has 0 fully saturated rings. The van der Waals surface area contributed by atoms with Crippen LogP contribution in [-0.4, -0.2) is 42.7 Å². The summed E-state index contributed by atoms with van der Waals surface area (Å²) in [5.74, 6) is 0.486. The van der Waals surface area contributed by atoms with Crippen LogP contribution in [0.3, 0.4) is 0 Å². The van der Waals surface area contributed by atoms with Crippen LogP contribution >= 0.6 is 0 Å². The number of hydrogen-bond acceptors (Lipinski definition) is 5. The summed E-state index contributed by atoms with van der Waals surface area (Å²) in [7, 11) is 1.64. The number of amides is 2. The molecule has 0 N–H and O–H groups in total. The minimum atomic E-state index is -0.660. The van der Waals surface area contributed by atoms with Gasteiger partial charge in [-0.05, 0) is 62.6 Å². The van der Waals surface area contributed by atoms with Gasteiger partial charge in [0.25, 0.3) is 5.91 Å². The lowest BCUT2D eigenvalue weighted by Gasteiger charge is -2.39. The maximum Gasteiger partial charge on any atom is 0.417 e. The quantitative estimate of drug-likeness (QED) is 0.732. The molecule has 0 radical (unpaired) electrons. The third kappa shape index (κ3) is 4.15. The average molecular weight is 421 g/mol. The Morgan fingerprint density at radius 1 is 1.06 bits per heavy atom. The predicted molar refractivity (Wildman–Crippen MR) is 119 cm³/mol. The van der Waals surface area contributed by atoms with E-state index in [4.69, 9.17) is 9.47 Å². The number of nitrogens with zero attached hydrogens (tertiary/aromatic N) is 2. The maximum absolute atomic E-state index is 13.3. The van der Waals surface area contributed by atoms with Crippen LogP contribution in [-0.2, 0) is 16.0 Å². The first-order chi connectivity index (χ1) is 14.8. The van der Waals surface area contributed by atoms with Crippen LogP contribution in [0, 0.1) is 0 Å². The van der Waals surface area contributed by atoms with Crippen molar-refractivity contribution in [1.82, 2.24) is 4.90 Å². The molecule has 0 spiro atoms. The lowest BCUT2D eigenvalue weighted by molar-refractivity contribution is -0.125. The summed E-state index contributed by atoms with van der Waals surface area (Å²) in [5.41, 5.74) is 3.27. The molecule has 2 heterocycles. The second-order valence-corrected chi connectivity index (χ2v) is 8.80. The molecule has 31 heavy (non-hydrogen) atoms. The third-order valence-corrected chi connectivity index (χ3v) is 5.58. The molecule has 1 atom stereocenters. The van der Waals surface area contributed by atoms with E-state index in [9.17, 15) is 9.59 Å². The first-order valence-corrected chi connectivity index (χ1v) is 10.5. The van der Waals surface area contributed by atoms with Crippen LogP contribution in [0.4, 0.5) is 10.5 Å². The number of carbonyl (C=O) groups excluding carboxylic acids is 2. The monoisotopic (exact) mass is 420 g/mol. The lowest BCUT2D eigenvalue weighted by Crippen LogP contribution is -2.42. The molecular formula is C25H28N2O4. The Bertz CT molecular complexity index is 1020. The van der Waals surface area contributed by atoms with Gasteiger partial charge < -0.3 is 14.4 Å². The van der Waals surface area contributed by atoms with Gasteiger partial charge in [-0.2, -0.15) is 0 Å². The maximum atomic E-state index is 13.3. The summed E-state index contributed by atoms with van der Waals surface area (Å²) in [5, 5.41) is 0. The Morgan fingerprint density at radius 3 is 2.45 bits per heavy atom. The molecule has 0 unspecified atom stereocenters. The Balaban J connectivity index is 1.68. The van der Waals surface area contributed by atoms with Gasteiger partial charge in [-0.15, -0.1) is 0 Å². The standard InChI is InChI=1S/C25H28N2O4/c1-25(2,3)31-24(29)27-16-14-21(23(27)28)22-20-8-6-5-7-17(20)13-15-26(22)18-9-11-19(30-4)12-10-18/h5-12,14,22H,13,15-16H2,1-4H3/t22-/m0/s1. The summed E-state index contributed by atoms with van der Waals surface area (Å²) in [6.45, 7) is 6.37. The molecule has 162 valence electrons. The van der Waals surface area contributed by atoms with Gasteiger partial charge in [0, 0.05) is 17.8 Å².